The summed E-state index contributed by atoms with van der Waals surface area (Å²) in [7, 11) is 3.01. The maximum Gasteiger partial charge on any atom is 0.262 e. The van der Waals surface area contributed by atoms with Crippen molar-refractivity contribution >= 4 is 23.4 Å². The van der Waals surface area contributed by atoms with Crippen LogP contribution in [0.15, 0.2) is 42.5 Å². The third kappa shape index (κ3) is 5.41. The van der Waals surface area contributed by atoms with Gasteiger partial charge in [-0.05, 0) is 43.2 Å². The summed E-state index contributed by atoms with van der Waals surface area (Å²) in [5.74, 6) is 1.19. The Morgan fingerprint density at radius 3 is 2.24 bits per heavy atom. The van der Waals surface area contributed by atoms with Gasteiger partial charge in [0.25, 0.3) is 11.8 Å². The Balaban J connectivity index is 1.33. The molecule has 2 aliphatic rings. The molecule has 0 radical (unpaired) electrons. The molecule has 1 saturated carbocycles. The summed E-state index contributed by atoms with van der Waals surface area (Å²) in [5.41, 5.74) is 1.01. The molecule has 1 saturated heterocycles. The summed E-state index contributed by atoms with van der Waals surface area (Å²) in [6.45, 7) is 1.88. The Bertz CT molecular complexity index is 1060. The van der Waals surface area contributed by atoms with Crippen LogP contribution in [0.4, 0.5) is 5.69 Å². The number of nitrogens with one attached hydrogen (secondary N) is 1. The van der Waals surface area contributed by atoms with Gasteiger partial charge < -0.3 is 29.3 Å². The van der Waals surface area contributed by atoms with E-state index in [-0.39, 0.29) is 30.2 Å². The molecule has 1 N–H and O–H groups in total. The first kappa shape index (κ1) is 23.4. The predicted octanol–water partition coefficient (Wildman–Crippen LogP) is 2.42. The van der Waals surface area contributed by atoms with Crippen LogP contribution < -0.4 is 19.5 Å². The number of carbonyl (C=O) groups excluding carboxylic acids is 3. The first-order chi connectivity index (χ1) is 16.5. The molecule has 1 aliphatic heterocycles. The van der Waals surface area contributed by atoms with Crippen molar-refractivity contribution in [3.05, 3.63) is 48.0 Å². The molecule has 2 aromatic carbocycles. The van der Waals surface area contributed by atoms with E-state index in [0.717, 1.165) is 12.8 Å². The zero-order valence-electron chi connectivity index (χ0n) is 19.4. The number of para-hydroxylation sites is 2. The Morgan fingerprint density at radius 2 is 1.56 bits per heavy atom. The third-order valence-corrected chi connectivity index (χ3v) is 5.96. The van der Waals surface area contributed by atoms with Crippen molar-refractivity contribution in [2.75, 3.05) is 52.3 Å². The molecule has 0 atom stereocenters. The van der Waals surface area contributed by atoms with Gasteiger partial charge in [-0.1, -0.05) is 12.1 Å². The summed E-state index contributed by atoms with van der Waals surface area (Å²) in [6, 6.07) is 12.0. The number of hydrogen-bond acceptors (Lipinski definition) is 6. The first-order valence-electron chi connectivity index (χ1n) is 11.3. The number of ether oxygens (including phenoxy) is 3. The van der Waals surface area contributed by atoms with Crippen LogP contribution in [0.5, 0.6) is 17.2 Å². The number of anilines is 1. The molecule has 0 unspecified atom stereocenters. The van der Waals surface area contributed by atoms with Crippen LogP contribution in [0.25, 0.3) is 0 Å². The van der Waals surface area contributed by atoms with Crippen LogP contribution in [0, 0.1) is 5.92 Å². The molecule has 1 aliphatic carbocycles. The fourth-order valence-electron chi connectivity index (χ4n) is 3.90. The maximum absolute atomic E-state index is 13.0. The van der Waals surface area contributed by atoms with Crippen molar-refractivity contribution in [1.29, 1.82) is 0 Å². The summed E-state index contributed by atoms with van der Waals surface area (Å²) < 4.78 is 16.3. The largest absolute Gasteiger partial charge is 0.495 e. The van der Waals surface area contributed by atoms with E-state index in [1.807, 2.05) is 11.0 Å². The predicted molar refractivity (Wildman–Crippen MR) is 125 cm³/mol. The number of benzene rings is 2. The second-order valence-corrected chi connectivity index (χ2v) is 8.29. The van der Waals surface area contributed by atoms with Gasteiger partial charge >= 0.3 is 0 Å². The molecule has 2 aromatic rings. The van der Waals surface area contributed by atoms with Gasteiger partial charge in [0.1, 0.15) is 5.75 Å². The summed E-state index contributed by atoms with van der Waals surface area (Å²) in [4.78, 5) is 41.1. The zero-order chi connectivity index (χ0) is 24.1. The average Bonchev–Trinajstić information content (AvgIpc) is 3.72. The number of piperazine rings is 1. The Morgan fingerprint density at radius 1 is 0.882 bits per heavy atom. The molecule has 0 spiro atoms. The minimum absolute atomic E-state index is 0.128. The lowest BCUT2D eigenvalue weighted by molar-refractivity contribution is -0.134. The molecule has 34 heavy (non-hydrogen) atoms. The Kier molecular flexibility index (Phi) is 7.20. The first-order valence-corrected chi connectivity index (χ1v) is 11.3. The molecular formula is C25H29N3O6. The second-order valence-electron chi connectivity index (χ2n) is 8.29. The van der Waals surface area contributed by atoms with Crippen molar-refractivity contribution in [3.63, 3.8) is 0 Å². The van der Waals surface area contributed by atoms with E-state index in [0.29, 0.717) is 54.7 Å². The number of hydrogen-bond donors (Lipinski definition) is 1. The molecule has 4 rings (SSSR count). The molecule has 1 heterocycles. The SMILES string of the molecule is COc1ccccc1NC(=O)COc1ccc(C(=O)N2CCN(C(=O)C3CC3)CC2)cc1OC. The van der Waals surface area contributed by atoms with Crippen LogP contribution in [0.3, 0.4) is 0 Å². The number of methoxy groups -OCH3 is 2. The van der Waals surface area contributed by atoms with E-state index >= 15 is 0 Å². The van der Waals surface area contributed by atoms with Gasteiger partial charge in [0.15, 0.2) is 18.1 Å². The lowest BCUT2D eigenvalue weighted by Crippen LogP contribution is -2.51. The van der Waals surface area contributed by atoms with Gasteiger partial charge in [-0.25, -0.2) is 0 Å². The lowest BCUT2D eigenvalue weighted by Gasteiger charge is -2.35. The fraction of sp³-hybridized carbons (Fsp3) is 0.400. The van der Waals surface area contributed by atoms with Crippen LogP contribution in [-0.2, 0) is 9.59 Å². The number of carbonyl (C=O) groups is 3. The molecular weight excluding hydrogens is 438 g/mol. The highest BCUT2D eigenvalue weighted by Crippen LogP contribution is 2.32. The van der Waals surface area contributed by atoms with Crippen LogP contribution in [0.2, 0.25) is 0 Å². The number of rotatable bonds is 8. The zero-order valence-corrected chi connectivity index (χ0v) is 19.4. The van der Waals surface area contributed by atoms with E-state index < -0.39 is 0 Å². The fourth-order valence-corrected chi connectivity index (χ4v) is 3.90. The van der Waals surface area contributed by atoms with Gasteiger partial charge in [0.05, 0.1) is 19.9 Å². The quantitative estimate of drug-likeness (QED) is 0.641. The minimum atomic E-state index is -0.356. The van der Waals surface area contributed by atoms with Gasteiger partial charge in [0, 0.05) is 37.7 Å². The molecule has 9 heteroatoms. The van der Waals surface area contributed by atoms with Gasteiger partial charge in [-0.15, -0.1) is 0 Å². The monoisotopic (exact) mass is 467 g/mol. The standard InChI is InChI=1S/C25H29N3O6/c1-32-20-6-4-3-5-19(20)26-23(29)16-34-21-10-9-18(15-22(21)33-2)25(31)28-13-11-27(12-14-28)24(30)17-7-8-17/h3-6,9-10,15,17H,7-8,11-14,16H2,1-2H3,(H,26,29). The van der Waals surface area contributed by atoms with E-state index in [1.165, 1.54) is 14.2 Å². The average molecular weight is 468 g/mol. The van der Waals surface area contributed by atoms with Gasteiger partial charge in [-0.3, -0.25) is 14.4 Å². The van der Waals surface area contributed by atoms with Crippen molar-refractivity contribution in [1.82, 2.24) is 9.80 Å². The molecule has 0 aromatic heterocycles. The minimum Gasteiger partial charge on any atom is -0.495 e. The molecule has 180 valence electrons. The number of amides is 3. The normalized spacial score (nSPS) is 15.5. The highest BCUT2D eigenvalue weighted by molar-refractivity contribution is 5.95. The van der Waals surface area contributed by atoms with Crippen molar-refractivity contribution in [2.24, 2.45) is 5.92 Å². The van der Waals surface area contributed by atoms with E-state index in [4.69, 9.17) is 14.2 Å². The summed E-state index contributed by atoms with van der Waals surface area (Å²) in [5, 5.41) is 2.75. The van der Waals surface area contributed by atoms with Crippen LogP contribution >= 0.6 is 0 Å². The van der Waals surface area contributed by atoms with Gasteiger partial charge in [0.2, 0.25) is 5.91 Å². The molecule has 9 nitrogen and oxygen atoms in total. The summed E-state index contributed by atoms with van der Waals surface area (Å²) >= 11 is 0. The highest BCUT2D eigenvalue weighted by Gasteiger charge is 2.35. The van der Waals surface area contributed by atoms with Crippen LogP contribution in [0.1, 0.15) is 23.2 Å². The second kappa shape index (κ2) is 10.5. The van der Waals surface area contributed by atoms with E-state index in [9.17, 15) is 14.4 Å². The van der Waals surface area contributed by atoms with Crippen molar-refractivity contribution in [2.45, 2.75) is 12.8 Å². The molecule has 3 amide bonds. The van der Waals surface area contributed by atoms with Gasteiger partial charge in [-0.2, -0.15) is 0 Å². The Labute approximate surface area is 198 Å². The molecule has 2 fully saturated rings. The highest BCUT2D eigenvalue weighted by atomic mass is 16.5. The lowest BCUT2D eigenvalue weighted by atomic mass is 10.1. The third-order valence-electron chi connectivity index (χ3n) is 5.96. The van der Waals surface area contributed by atoms with Crippen molar-refractivity contribution in [3.8, 4) is 17.2 Å². The summed E-state index contributed by atoms with van der Waals surface area (Å²) in [6.07, 6.45) is 1.96. The Hall–Kier alpha value is -3.75. The smallest absolute Gasteiger partial charge is 0.262 e. The topological polar surface area (TPSA) is 97.4 Å². The number of nitrogens with zero attached hydrogens (tertiary/aromatic N) is 2. The van der Waals surface area contributed by atoms with Crippen molar-refractivity contribution < 1.29 is 28.6 Å². The van der Waals surface area contributed by atoms with Crippen LogP contribution in [-0.4, -0.2) is 74.5 Å². The molecule has 0 bridgehead atoms. The van der Waals surface area contributed by atoms with E-state index in [2.05, 4.69) is 5.32 Å². The van der Waals surface area contributed by atoms with E-state index in [1.54, 1.807) is 41.3 Å². The maximum atomic E-state index is 13.0.